The van der Waals surface area contributed by atoms with E-state index in [9.17, 15) is 9.90 Å². The molecule has 0 amide bonds. The van der Waals surface area contributed by atoms with Crippen LogP contribution in [0.3, 0.4) is 0 Å². The van der Waals surface area contributed by atoms with E-state index in [4.69, 9.17) is 0 Å². The first kappa shape index (κ1) is 13.1. The molecule has 0 aromatic rings. The van der Waals surface area contributed by atoms with Crippen LogP contribution in [0.5, 0.6) is 0 Å². The fourth-order valence-electron chi connectivity index (χ4n) is 4.12. The molecule has 0 radical (unpaired) electrons. The van der Waals surface area contributed by atoms with Crippen LogP contribution in [0, 0.1) is 29.1 Å². The minimum absolute atomic E-state index is 0.0686. The second-order valence-corrected chi connectivity index (χ2v) is 6.88. The number of hydrogen-bond acceptors (Lipinski definition) is 2. The summed E-state index contributed by atoms with van der Waals surface area (Å²) in [5.74, 6) is 1.67. The minimum atomic E-state index is -0.681. The van der Waals surface area contributed by atoms with Crippen LogP contribution in [0.15, 0.2) is 0 Å². The zero-order valence-electron chi connectivity index (χ0n) is 11.6. The Hall–Kier alpha value is -0.370. The summed E-state index contributed by atoms with van der Waals surface area (Å²) in [6.45, 7) is 8.81. The predicted molar refractivity (Wildman–Crippen MR) is 68.6 cm³/mol. The summed E-state index contributed by atoms with van der Waals surface area (Å²) in [6.07, 6.45) is 4.04. The average Bonchev–Trinajstić information content (AvgIpc) is 2.23. The first-order valence-electron chi connectivity index (χ1n) is 7.09. The summed E-state index contributed by atoms with van der Waals surface area (Å²) in [7, 11) is 0. The SMILES string of the molecule is CC(C)CCCC1(C)C2CC1C(O)C(=O)C2C. The fraction of sp³-hybridized carbons (Fsp3) is 0.933. The second kappa shape index (κ2) is 4.38. The summed E-state index contributed by atoms with van der Waals surface area (Å²) < 4.78 is 0. The van der Waals surface area contributed by atoms with Gasteiger partial charge in [0, 0.05) is 5.92 Å². The highest BCUT2D eigenvalue weighted by Crippen LogP contribution is 2.62. The van der Waals surface area contributed by atoms with Gasteiger partial charge in [0.05, 0.1) is 0 Å². The van der Waals surface area contributed by atoms with Gasteiger partial charge in [-0.25, -0.2) is 0 Å². The Balaban J connectivity index is 2.00. The first-order chi connectivity index (χ1) is 7.88. The van der Waals surface area contributed by atoms with Gasteiger partial charge in [-0.2, -0.15) is 0 Å². The highest BCUT2D eigenvalue weighted by atomic mass is 16.3. The molecule has 3 fully saturated rings. The Morgan fingerprint density at radius 3 is 2.59 bits per heavy atom. The molecule has 2 heteroatoms. The lowest BCUT2D eigenvalue weighted by Crippen LogP contribution is -2.63. The van der Waals surface area contributed by atoms with Crippen molar-refractivity contribution in [2.45, 2.75) is 59.5 Å². The van der Waals surface area contributed by atoms with Crippen molar-refractivity contribution in [2.75, 3.05) is 0 Å². The molecule has 17 heavy (non-hydrogen) atoms. The van der Waals surface area contributed by atoms with Crippen molar-refractivity contribution in [3.8, 4) is 0 Å². The summed E-state index contributed by atoms with van der Waals surface area (Å²) in [6, 6.07) is 0. The van der Waals surface area contributed by atoms with E-state index < -0.39 is 6.10 Å². The number of aliphatic hydroxyl groups excluding tert-OH is 1. The summed E-state index contributed by atoms with van der Waals surface area (Å²) >= 11 is 0. The lowest BCUT2D eigenvalue weighted by molar-refractivity contribution is -0.189. The number of carbonyl (C=O) groups is 1. The van der Waals surface area contributed by atoms with Crippen molar-refractivity contribution in [1.29, 1.82) is 0 Å². The molecule has 0 aromatic carbocycles. The molecule has 0 aromatic heterocycles. The third kappa shape index (κ3) is 1.95. The summed E-state index contributed by atoms with van der Waals surface area (Å²) in [5.41, 5.74) is 0.224. The highest BCUT2D eigenvalue weighted by molar-refractivity contribution is 5.87. The Morgan fingerprint density at radius 2 is 2.06 bits per heavy atom. The van der Waals surface area contributed by atoms with E-state index in [1.54, 1.807) is 0 Å². The molecule has 3 aliphatic rings. The molecule has 3 aliphatic carbocycles. The van der Waals surface area contributed by atoms with E-state index in [2.05, 4.69) is 20.8 Å². The average molecular weight is 238 g/mol. The van der Waals surface area contributed by atoms with Gasteiger partial charge < -0.3 is 5.11 Å². The highest BCUT2D eigenvalue weighted by Gasteiger charge is 2.62. The van der Waals surface area contributed by atoms with Crippen LogP contribution in [-0.2, 0) is 4.79 Å². The van der Waals surface area contributed by atoms with Gasteiger partial charge in [0.25, 0.3) is 0 Å². The lowest BCUT2D eigenvalue weighted by atomic mass is 9.42. The molecule has 2 nitrogen and oxygen atoms in total. The molecule has 0 heterocycles. The Bertz CT molecular complexity index is 290. The molecule has 5 unspecified atom stereocenters. The third-order valence-electron chi connectivity index (χ3n) is 5.42. The zero-order valence-corrected chi connectivity index (χ0v) is 11.6. The van der Waals surface area contributed by atoms with Crippen LogP contribution in [0.4, 0.5) is 0 Å². The number of carbonyl (C=O) groups excluding carboxylic acids is 1. The first-order valence-corrected chi connectivity index (χ1v) is 7.09. The number of rotatable bonds is 4. The van der Waals surface area contributed by atoms with Gasteiger partial charge in [0.1, 0.15) is 6.10 Å². The number of ketones is 1. The van der Waals surface area contributed by atoms with Gasteiger partial charge in [-0.05, 0) is 36.0 Å². The van der Waals surface area contributed by atoms with E-state index in [1.807, 2.05) is 6.92 Å². The normalized spacial score (nSPS) is 44.9. The fourth-order valence-corrected chi connectivity index (χ4v) is 4.12. The lowest BCUT2D eigenvalue weighted by Gasteiger charge is -2.62. The number of Topliss-reactive ketones (excluding diaryl/α,β-unsaturated/α-hetero) is 1. The Morgan fingerprint density at radius 1 is 1.41 bits per heavy atom. The van der Waals surface area contributed by atoms with Gasteiger partial charge in [0.2, 0.25) is 0 Å². The summed E-state index contributed by atoms with van der Waals surface area (Å²) in [4.78, 5) is 11.8. The van der Waals surface area contributed by atoms with Gasteiger partial charge in [0.15, 0.2) is 5.78 Å². The monoisotopic (exact) mass is 238 g/mol. The molecule has 1 N–H and O–H groups in total. The molecule has 2 bridgehead atoms. The summed E-state index contributed by atoms with van der Waals surface area (Å²) in [5, 5.41) is 10.0. The van der Waals surface area contributed by atoms with E-state index in [0.717, 1.165) is 12.3 Å². The van der Waals surface area contributed by atoms with Crippen LogP contribution >= 0.6 is 0 Å². The molecule has 0 saturated heterocycles. The molecule has 3 rings (SSSR count). The third-order valence-corrected chi connectivity index (χ3v) is 5.42. The van der Waals surface area contributed by atoms with Gasteiger partial charge in [-0.1, -0.05) is 40.5 Å². The van der Waals surface area contributed by atoms with E-state index in [1.165, 1.54) is 19.3 Å². The number of hydrogen-bond donors (Lipinski definition) is 1. The molecule has 5 atom stereocenters. The quantitative estimate of drug-likeness (QED) is 0.817. The van der Waals surface area contributed by atoms with Crippen molar-refractivity contribution >= 4 is 5.78 Å². The molecule has 3 saturated carbocycles. The van der Waals surface area contributed by atoms with Gasteiger partial charge in [-0.15, -0.1) is 0 Å². The van der Waals surface area contributed by atoms with Crippen LogP contribution in [0.25, 0.3) is 0 Å². The van der Waals surface area contributed by atoms with Crippen molar-refractivity contribution in [2.24, 2.45) is 29.1 Å². The van der Waals surface area contributed by atoms with Gasteiger partial charge >= 0.3 is 0 Å². The smallest absolute Gasteiger partial charge is 0.164 e. The zero-order chi connectivity index (χ0) is 12.8. The Kier molecular flexibility index (Phi) is 3.37. The molecule has 0 spiro atoms. The topological polar surface area (TPSA) is 37.3 Å². The number of aliphatic hydroxyl groups is 1. The number of fused-ring (bicyclic) bond motifs is 2. The maximum Gasteiger partial charge on any atom is 0.164 e. The van der Waals surface area contributed by atoms with Crippen LogP contribution in [-0.4, -0.2) is 17.0 Å². The molecule has 98 valence electrons. The van der Waals surface area contributed by atoms with Crippen molar-refractivity contribution < 1.29 is 9.90 Å². The maximum atomic E-state index is 11.8. The van der Waals surface area contributed by atoms with Gasteiger partial charge in [-0.3, -0.25) is 4.79 Å². The van der Waals surface area contributed by atoms with Crippen LogP contribution < -0.4 is 0 Å². The van der Waals surface area contributed by atoms with Crippen LogP contribution in [0.1, 0.15) is 53.4 Å². The van der Waals surface area contributed by atoms with E-state index in [0.29, 0.717) is 5.92 Å². The second-order valence-electron chi connectivity index (χ2n) is 6.88. The molecular weight excluding hydrogens is 212 g/mol. The van der Waals surface area contributed by atoms with E-state index >= 15 is 0 Å². The van der Waals surface area contributed by atoms with Crippen molar-refractivity contribution in [1.82, 2.24) is 0 Å². The predicted octanol–water partition coefficient (Wildman–Crippen LogP) is 3.03. The Labute approximate surface area is 105 Å². The largest absolute Gasteiger partial charge is 0.385 e. The van der Waals surface area contributed by atoms with E-state index in [-0.39, 0.29) is 23.0 Å². The standard InChI is InChI=1S/C15H26O2/c1-9(2)6-5-7-15(4)11-8-12(15)14(17)13(16)10(11)3/h9-12,14,17H,5-8H2,1-4H3. The van der Waals surface area contributed by atoms with Crippen LogP contribution in [0.2, 0.25) is 0 Å². The maximum absolute atomic E-state index is 11.8. The van der Waals surface area contributed by atoms with Crippen molar-refractivity contribution in [3.05, 3.63) is 0 Å². The van der Waals surface area contributed by atoms with Crippen molar-refractivity contribution in [3.63, 3.8) is 0 Å². The molecular formula is C15H26O2. The molecule has 0 aliphatic heterocycles. The minimum Gasteiger partial charge on any atom is -0.385 e.